The number of ether oxygens (including phenoxy) is 2. The molecule has 140 valence electrons. The summed E-state index contributed by atoms with van der Waals surface area (Å²) in [7, 11) is 3.12. The Bertz CT molecular complexity index is 873. The molecule has 8 heteroatoms. The first-order valence-corrected chi connectivity index (χ1v) is 8.64. The topological polar surface area (TPSA) is 84.5 Å². The molecule has 0 bridgehead atoms. The van der Waals surface area contributed by atoms with Crippen LogP contribution in [0.25, 0.3) is 0 Å². The fraction of sp³-hybridized carbons (Fsp3) is 0.211. The molecule has 2 aromatic rings. The molecule has 1 fully saturated rings. The van der Waals surface area contributed by atoms with Gasteiger partial charge in [0.05, 0.1) is 32.1 Å². The maximum atomic E-state index is 13.0. The van der Waals surface area contributed by atoms with Crippen molar-refractivity contribution in [2.24, 2.45) is 5.92 Å². The third-order valence-corrected chi connectivity index (χ3v) is 4.47. The number of carbonyl (C=O) groups is 1. The minimum Gasteiger partial charge on any atom is -0.493 e. The zero-order chi connectivity index (χ0) is 19.4. The number of methoxy groups -OCH3 is 2. The number of thiocarbonyl (C=S) groups is 1. The number of carbonyl (C=O) groups excluding carboxylic acids is 1. The van der Waals surface area contributed by atoms with E-state index >= 15 is 0 Å². The lowest BCUT2D eigenvalue weighted by atomic mass is 9.87. The largest absolute Gasteiger partial charge is 0.493 e. The van der Waals surface area contributed by atoms with Crippen LogP contribution in [0.15, 0.2) is 55.0 Å². The van der Waals surface area contributed by atoms with Crippen molar-refractivity contribution < 1.29 is 14.3 Å². The number of para-hydroxylation sites is 1. The monoisotopic (exact) mass is 384 g/mol. The van der Waals surface area contributed by atoms with Crippen LogP contribution in [0.5, 0.6) is 11.5 Å². The molecule has 0 aliphatic carbocycles. The van der Waals surface area contributed by atoms with Gasteiger partial charge < -0.3 is 25.4 Å². The number of rotatable bonds is 5. The Kier molecular flexibility index (Phi) is 5.56. The van der Waals surface area contributed by atoms with Crippen LogP contribution < -0.4 is 25.4 Å². The number of hydrogen-bond acceptors (Lipinski definition) is 5. The van der Waals surface area contributed by atoms with Crippen LogP contribution in [-0.2, 0) is 4.79 Å². The van der Waals surface area contributed by atoms with Crippen molar-refractivity contribution in [1.29, 1.82) is 0 Å². The Hall–Kier alpha value is -3.13. The van der Waals surface area contributed by atoms with Gasteiger partial charge in [0.2, 0.25) is 5.91 Å². The molecule has 0 saturated carbocycles. The SMILES string of the molecule is C=C1NC(=S)NC(c2cccc(OC)c2OC)C1C(=O)Nc1cccnc1. The van der Waals surface area contributed by atoms with E-state index in [0.717, 1.165) is 5.56 Å². The fourth-order valence-electron chi connectivity index (χ4n) is 3.07. The molecule has 1 aliphatic rings. The number of nitrogens with zero attached hydrogens (tertiary/aromatic N) is 1. The molecule has 3 rings (SSSR count). The quantitative estimate of drug-likeness (QED) is 0.683. The lowest BCUT2D eigenvalue weighted by molar-refractivity contribution is -0.119. The molecular formula is C19H20N4O3S. The predicted molar refractivity (Wildman–Crippen MR) is 107 cm³/mol. The van der Waals surface area contributed by atoms with Crippen molar-refractivity contribution in [3.63, 3.8) is 0 Å². The van der Waals surface area contributed by atoms with Crippen molar-refractivity contribution in [3.8, 4) is 11.5 Å². The maximum Gasteiger partial charge on any atom is 0.235 e. The second-order valence-electron chi connectivity index (χ2n) is 5.89. The second-order valence-corrected chi connectivity index (χ2v) is 6.30. The van der Waals surface area contributed by atoms with Crippen molar-refractivity contribution in [2.75, 3.05) is 19.5 Å². The summed E-state index contributed by atoms with van der Waals surface area (Å²) >= 11 is 5.27. The lowest BCUT2D eigenvalue weighted by Crippen LogP contribution is -2.51. The second kappa shape index (κ2) is 8.05. The lowest BCUT2D eigenvalue weighted by Gasteiger charge is -2.36. The first-order chi connectivity index (χ1) is 13.0. The molecule has 1 amide bonds. The Morgan fingerprint density at radius 3 is 2.74 bits per heavy atom. The van der Waals surface area contributed by atoms with Gasteiger partial charge in [-0.25, -0.2) is 0 Å². The predicted octanol–water partition coefficient (Wildman–Crippen LogP) is 2.39. The number of aromatic nitrogens is 1. The molecule has 1 aliphatic heterocycles. The van der Waals surface area contributed by atoms with Crippen LogP contribution in [-0.4, -0.2) is 30.2 Å². The first-order valence-electron chi connectivity index (χ1n) is 8.23. The Morgan fingerprint density at radius 2 is 2.07 bits per heavy atom. The highest BCUT2D eigenvalue weighted by Gasteiger charge is 2.38. The summed E-state index contributed by atoms with van der Waals surface area (Å²) in [6.45, 7) is 4.00. The molecule has 2 atom stereocenters. The molecule has 3 N–H and O–H groups in total. The van der Waals surface area contributed by atoms with Gasteiger partial charge in [0.1, 0.15) is 5.92 Å². The summed E-state index contributed by atoms with van der Waals surface area (Å²) < 4.78 is 10.9. The van der Waals surface area contributed by atoms with Crippen LogP contribution >= 0.6 is 12.2 Å². The third-order valence-electron chi connectivity index (χ3n) is 4.25. The van der Waals surface area contributed by atoms with Gasteiger partial charge in [0.25, 0.3) is 0 Å². The average Bonchev–Trinajstić information content (AvgIpc) is 2.67. The van der Waals surface area contributed by atoms with E-state index in [9.17, 15) is 4.79 Å². The Labute approximate surface area is 162 Å². The number of benzene rings is 1. The van der Waals surface area contributed by atoms with Crippen LogP contribution in [0.4, 0.5) is 5.69 Å². The van der Waals surface area contributed by atoms with Crippen molar-refractivity contribution in [3.05, 3.63) is 60.6 Å². The highest BCUT2D eigenvalue weighted by molar-refractivity contribution is 7.80. The number of amides is 1. The highest BCUT2D eigenvalue weighted by Crippen LogP contribution is 2.40. The zero-order valence-electron chi connectivity index (χ0n) is 15.0. The van der Waals surface area contributed by atoms with E-state index in [-0.39, 0.29) is 5.91 Å². The number of nitrogens with one attached hydrogen (secondary N) is 3. The first kappa shape index (κ1) is 18.7. The van der Waals surface area contributed by atoms with Gasteiger partial charge in [0, 0.05) is 17.5 Å². The number of hydrogen-bond donors (Lipinski definition) is 3. The molecular weight excluding hydrogens is 364 g/mol. The highest BCUT2D eigenvalue weighted by atomic mass is 32.1. The van der Waals surface area contributed by atoms with Gasteiger partial charge >= 0.3 is 0 Å². The standard InChI is InChI=1S/C19H20N4O3S/c1-11-15(18(24)22-12-6-5-9-20-10-12)16(23-19(27)21-11)13-7-4-8-14(25-2)17(13)26-3/h4-10,15-16H,1H2,2-3H3,(H,22,24)(H2,21,23,27). The summed E-state index contributed by atoms with van der Waals surface area (Å²) in [5.74, 6) is 0.218. The Balaban J connectivity index is 1.99. The van der Waals surface area contributed by atoms with E-state index < -0.39 is 12.0 Å². The van der Waals surface area contributed by atoms with Gasteiger partial charge in [0.15, 0.2) is 16.6 Å². The molecule has 2 unspecified atom stereocenters. The summed E-state index contributed by atoms with van der Waals surface area (Å²) in [6, 6.07) is 8.53. The minimum atomic E-state index is -0.641. The van der Waals surface area contributed by atoms with E-state index in [0.29, 0.717) is 28.0 Å². The van der Waals surface area contributed by atoms with E-state index in [1.807, 2.05) is 12.1 Å². The van der Waals surface area contributed by atoms with Gasteiger partial charge in [-0.15, -0.1) is 0 Å². The molecule has 1 aromatic heterocycles. The van der Waals surface area contributed by atoms with E-state index in [1.165, 1.54) is 0 Å². The van der Waals surface area contributed by atoms with Crippen LogP contribution in [0.1, 0.15) is 11.6 Å². The van der Waals surface area contributed by atoms with Crippen molar-refractivity contribution in [1.82, 2.24) is 15.6 Å². The van der Waals surface area contributed by atoms with Gasteiger partial charge in [-0.3, -0.25) is 9.78 Å². The van der Waals surface area contributed by atoms with Crippen LogP contribution in [0.3, 0.4) is 0 Å². The van der Waals surface area contributed by atoms with E-state index in [2.05, 4.69) is 27.5 Å². The number of anilines is 1. The zero-order valence-corrected chi connectivity index (χ0v) is 15.8. The molecule has 1 aromatic carbocycles. The van der Waals surface area contributed by atoms with Crippen molar-refractivity contribution >= 4 is 28.9 Å². The molecule has 27 heavy (non-hydrogen) atoms. The van der Waals surface area contributed by atoms with Gasteiger partial charge in [-0.2, -0.15) is 0 Å². The van der Waals surface area contributed by atoms with Gasteiger partial charge in [-0.05, 0) is 30.4 Å². The normalized spacial score (nSPS) is 18.9. The molecule has 2 heterocycles. The van der Waals surface area contributed by atoms with Crippen LogP contribution in [0, 0.1) is 5.92 Å². The third kappa shape index (κ3) is 3.85. The fourth-order valence-corrected chi connectivity index (χ4v) is 3.32. The van der Waals surface area contributed by atoms with Crippen molar-refractivity contribution in [2.45, 2.75) is 6.04 Å². The summed E-state index contributed by atoms with van der Waals surface area (Å²) in [4.78, 5) is 17.0. The maximum absolute atomic E-state index is 13.0. The number of pyridine rings is 1. The van der Waals surface area contributed by atoms with Gasteiger partial charge in [-0.1, -0.05) is 18.7 Å². The minimum absolute atomic E-state index is 0.245. The summed E-state index contributed by atoms with van der Waals surface area (Å²) in [6.07, 6.45) is 3.22. The molecule has 7 nitrogen and oxygen atoms in total. The molecule has 0 radical (unpaired) electrons. The average molecular weight is 384 g/mol. The molecule has 1 saturated heterocycles. The van der Waals surface area contributed by atoms with Crippen LogP contribution in [0.2, 0.25) is 0 Å². The Morgan fingerprint density at radius 1 is 1.26 bits per heavy atom. The van der Waals surface area contributed by atoms with E-state index in [1.54, 1.807) is 44.8 Å². The molecule has 0 spiro atoms. The summed E-state index contributed by atoms with van der Waals surface area (Å²) in [5, 5.41) is 9.35. The van der Waals surface area contributed by atoms with E-state index in [4.69, 9.17) is 21.7 Å². The smallest absolute Gasteiger partial charge is 0.235 e. The summed E-state index contributed by atoms with van der Waals surface area (Å²) in [5.41, 5.74) is 1.84.